The number of sulfonamides is 1. The number of hydrogen-bond acceptors (Lipinski definition) is 4. The van der Waals surface area contributed by atoms with Crippen LogP contribution in [-0.2, 0) is 27.8 Å². The number of nitrogens with one attached hydrogen (secondary N) is 1. The predicted molar refractivity (Wildman–Crippen MR) is 86.4 cm³/mol. The monoisotopic (exact) mass is 331 g/mol. The molecule has 0 radical (unpaired) electrons. The second-order valence-corrected chi connectivity index (χ2v) is 7.16. The fraction of sp³-hybridized carbons (Fsp3) is 0.250. The molecule has 0 bridgehead atoms. The summed E-state index contributed by atoms with van der Waals surface area (Å²) in [5.41, 5.74) is 2.52. The van der Waals surface area contributed by atoms with Gasteiger partial charge in [-0.2, -0.15) is 0 Å². The van der Waals surface area contributed by atoms with Crippen LogP contribution in [0.1, 0.15) is 18.1 Å². The van der Waals surface area contributed by atoms with Gasteiger partial charge in [-0.05, 0) is 47.9 Å². The minimum absolute atomic E-state index is 0.0323. The number of carbonyl (C=O) groups excluding carboxylic acids is 1. The molecule has 1 amide bonds. The highest BCUT2D eigenvalue weighted by molar-refractivity contribution is 7.89. The lowest BCUT2D eigenvalue weighted by molar-refractivity contribution is -0.116. The van der Waals surface area contributed by atoms with Crippen LogP contribution in [0.3, 0.4) is 0 Å². The van der Waals surface area contributed by atoms with E-state index in [0.29, 0.717) is 13.0 Å². The third-order valence-corrected chi connectivity index (χ3v) is 5.25. The lowest BCUT2D eigenvalue weighted by atomic mass is 10.2. The normalized spacial score (nSPS) is 13.9. The van der Waals surface area contributed by atoms with Gasteiger partial charge in [0, 0.05) is 38.1 Å². The molecule has 2 aromatic rings. The number of nitrogens with zero attached hydrogens (tertiary/aromatic N) is 2. The Kier molecular flexibility index (Phi) is 4.14. The third-order valence-electron chi connectivity index (χ3n) is 3.85. The zero-order chi connectivity index (χ0) is 16.4. The zero-order valence-electron chi connectivity index (χ0n) is 12.7. The number of hydrogen-bond donors (Lipinski definition) is 1. The Morgan fingerprint density at radius 2 is 2.00 bits per heavy atom. The molecule has 1 aromatic carbocycles. The van der Waals surface area contributed by atoms with Gasteiger partial charge in [0.15, 0.2) is 0 Å². The Labute approximate surface area is 135 Å². The molecule has 0 spiro atoms. The maximum atomic E-state index is 12.4. The first-order valence-electron chi connectivity index (χ1n) is 7.27. The standard InChI is InChI=1S/C16H17N3O3S/c1-12(20)19-9-6-14-10-15(2-3-16(14)19)23(21,22)18-11-13-4-7-17-8-5-13/h2-5,7-8,10,18H,6,9,11H2,1H3. The molecule has 0 saturated carbocycles. The van der Waals surface area contributed by atoms with Crippen molar-refractivity contribution in [3.05, 3.63) is 53.9 Å². The fourth-order valence-electron chi connectivity index (χ4n) is 2.63. The molecule has 1 aliphatic rings. The van der Waals surface area contributed by atoms with Crippen molar-refractivity contribution in [1.82, 2.24) is 9.71 Å². The van der Waals surface area contributed by atoms with Gasteiger partial charge in [0.05, 0.1) is 4.90 Å². The first-order chi connectivity index (χ1) is 11.0. The molecule has 1 aliphatic heterocycles. The number of anilines is 1. The minimum atomic E-state index is -3.59. The van der Waals surface area contributed by atoms with Gasteiger partial charge in [-0.1, -0.05) is 0 Å². The van der Waals surface area contributed by atoms with E-state index >= 15 is 0 Å². The molecule has 0 atom stereocenters. The van der Waals surface area contributed by atoms with E-state index in [4.69, 9.17) is 0 Å². The van der Waals surface area contributed by atoms with Crippen LogP contribution < -0.4 is 9.62 Å². The van der Waals surface area contributed by atoms with Crippen molar-refractivity contribution in [2.24, 2.45) is 0 Å². The van der Waals surface area contributed by atoms with Gasteiger partial charge in [0.25, 0.3) is 0 Å². The smallest absolute Gasteiger partial charge is 0.240 e. The summed E-state index contributed by atoms with van der Waals surface area (Å²) in [5, 5.41) is 0. The highest BCUT2D eigenvalue weighted by Crippen LogP contribution is 2.30. The number of fused-ring (bicyclic) bond motifs is 1. The number of carbonyl (C=O) groups is 1. The van der Waals surface area contributed by atoms with Crippen LogP contribution in [0, 0.1) is 0 Å². The van der Waals surface area contributed by atoms with E-state index in [2.05, 4.69) is 9.71 Å². The SMILES string of the molecule is CC(=O)N1CCc2cc(S(=O)(=O)NCc3ccncc3)ccc21. The average molecular weight is 331 g/mol. The molecular weight excluding hydrogens is 314 g/mol. The molecule has 23 heavy (non-hydrogen) atoms. The van der Waals surface area contributed by atoms with Crippen molar-refractivity contribution in [1.29, 1.82) is 0 Å². The second-order valence-electron chi connectivity index (χ2n) is 5.39. The summed E-state index contributed by atoms with van der Waals surface area (Å²) in [7, 11) is -3.59. The molecule has 2 heterocycles. The van der Waals surface area contributed by atoms with Crippen LogP contribution in [0.15, 0.2) is 47.6 Å². The predicted octanol–water partition coefficient (Wildman–Crippen LogP) is 1.47. The van der Waals surface area contributed by atoms with E-state index in [-0.39, 0.29) is 17.3 Å². The lowest BCUT2D eigenvalue weighted by Crippen LogP contribution is -2.26. The average Bonchev–Trinajstić information content (AvgIpc) is 2.97. The van der Waals surface area contributed by atoms with Crippen molar-refractivity contribution in [3.63, 3.8) is 0 Å². The Hall–Kier alpha value is -2.25. The minimum Gasteiger partial charge on any atom is -0.312 e. The summed E-state index contributed by atoms with van der Waals surface area (Å²) in [6.07, 6.45) is 3.91. The van der Waals surface area contributed by atoms with Crippen molar-refractivity contribution in [2.45, 2.75) is 24.8 Å². The van der Waals surface area contributed by atoms with Gasteiger partial charge in [-0.25, -0.2) is 13.1 Å². The summed E-state index contributed by atoms with van der Waals surface area (Å²) in [6, 6.07) is 8.40. The first kappa shape index (κ1) is 15.6. The van der Waals surface area contributed by atoms with Crippen molar-refractivity contribution >= 4 is 21.6 Å². The van der Waals surface area contributed by atoms with E-state index in [1.165, 1.54) is 13.0 Å². The molecule has 1 aromatic heterocycles. The van der Waals surface area contributed by atoms with Gasteiger partial charge < -0.3 is 4.90 Å². The molecule has 6 nitrogen and oxygen atoms in total. The lowest BCUT2D eigenvalue weighted by Gasteiger charge is -2.15. The van der Waals surface area contributed by atoms with Crippen molar-refractivity contribution < 1.29 is 13.2 Å². The molecular formula is C16H17N3O3S. The molecule has 120 valence electrons. The quantitative estimate of drug-likeness (QED) is 0.920. The summed E-state index contributed by atoms with van der Waals surface area (Å²) < 4.78 is 27.4. The Morgan fingerprint density at radius 1 is 1.26 bits per heavy atom. The topological polar surface area (TPSA) is 79.4 Å². The largest absolute Gasteiger partial charge is 0.312 e. The Morgan fingerprint density at radius 3 is 2.70 bits per heavy atom. The number of benzene rings is 1. The van der Waals surface area contributed by atoms with Crippen LogP contribution in [0.2, 0.25) is 0 Å². The van der Waals surface area contributed by atoms with Crippen LogP contribution >= 0.6 is 0 Å². The Balaban J connectivity index is 1.80. The highest BCUT2D eigenvalue weighted by Gasteiger charge is 2.24. The van der Waals surface area contributed by atoms with E-state index in [1.807, 2.05) is 0 Å². The van der Waals surface area contributed by atoms with E-state index in [9.17, 15) is 13.2 Å². The van der Waals surface area contributed by atoms with Crippen LogP contribution in [-0.4, -0.2) is 25.9 Å². The number of amides is 1. The van der Waals surface area contributed by atoms with Gasteiger partial charge in [-0.15, -0.1) is 0 Å². The Bertz CT molecular complexity index is 835. The van der Waals surface area contributed by atoms with Gasteiger partial charge in [0.1, 0.15) is 0 Å². The molecule has 7 heteroatoms. The molecule has 3 rings (SSSR count). The van der Waals surface area contributed by atoms with E-state index in [0.717, 1.165) is 16.8 Å². The maximum Gasteiger partial charge on any atom is 0.240 e. The molecule has 0 saturated heterocycles. The van der Waals surface area contributed by atoms with E-state index < -0.39 is 10.0 Å². The van der Waals surface area contributed by atoms with Crippen molar-refractivity contribution in [2.75, 3.05) is 11.4 Å². The second kappa shape index (κ2) is 6.10. The molecule has 0 aliphatic carbocycles. The summed E-state index contributed by atoms with van der Waals surface area (Å²) >= 11 is 0. The summed E-state index contributed by atoms with van der Waals surface area (Å²) in [5.74, 6) is -0.0323. The van der Waals surface area contributed by atoms with Crippen LogP contribution in [0.5, 0.6) is 0 Å². The highest BCUT2D eigenvalue weighted by atomic mass is 32.2. The zero-order valence-corrected chi connectivity index (χ0v) is 13.5. The van der Waals surface area contributed by atoms with Crippen LogP contribution in [0.4, 0.5) is 5.69 Å². The summed E-state index contributed by atoms with van der Waals surface area (Å²) in [6.45, 7) is 2.32. The first-order valence-corrected chi connectivity index (χ1v) is 8.75. The summed E-state index contributed by atoms with van der Waals surface area (Å²) in [4.78, 5) is 17.3. The maximum absolute atomic E-state index is 12.4. The number of aromatic nitrogens is 1. The third kappa shape index (κ3) is 3.25. The van der Waals surface area contributed by atoms with Crippen LogP contribution in [0.25, 0.3) is 0 Å². The molecule has 0 fully saturated rings. The van der Waals surface area contributed by atoms with Gasteiger partial charge in [-0.3, -0.25) is 9.78 Å². The fourth-order valence-corrected chi connectivity index (χ4v) is 3.70. The van der Waals surface area contributed by atoms with Gasteiger partial charge >= 0.3 is 0 Å². The molecule has 1 N–H and O–H groups in total. The van der Waals surface area contributed by atoms with E-state index in [1.54, 1.807) is 41.6 Å². The van der Waals surface area contributed by atoms with Gasteiger partial charge in [0.2, 0.25) is 15.9 Å². The molecule has 0 unspecified atom stereocenters. The number of pyridine rings is 1. The van der Waals surface area contributed by atoms with Crippen molar-refractivity contribution in [3.8, 4) is 0 Å². The number of rotatable bonds is 4.